The molecule has 1 fully saturated rings. The smallest absolute Gasteiger partial charge is 0.260 e. The molecule has 1 amide bonds. The summed E-state index contributed by atoms with van der Waals surface area (Å²) in [6.07, 6.45) is 4.16. The molecule has 34 heavy (non-hydrogen) atoms. The number of ketones is 1. The van der Waals surface area contributed by atoms with Gasteiger partial charge in [0.25, 0.3) is 5.91 Å². The number of Topliss-reactive ketones (excluding diaryl/α,β-unsaturated/α-hetero) is 1. The second-order valence-corrected chi connectivity index (χ2v) is 10.6. The lowest BCUT2D eigenvalue weighted by atomic mass is 9.92. The molecule has 0 atom stereocenters. The van der Waals surface area contributed by atoms with Gasteiger partial charge in [-0.3, -0.25) is 9.59 Å². The monoisotopic (exact) mass is 486 g/mol. The SMILES string of the molecule is COc1cc(C(C)=O)ccc1OCC(=O)N1CCN(S(=O)(=O)c2ccc3c(c2)CCCC3)CC1. The largest absolute Gasteiger partial charge is 0.493 e. The Morgan fingerprint density at radius 2 is 1.62 bits per heavy atom. The summed E-state index contributed by atoms with van der Waals surface area (Å²) in [7, 11) is -2.13. The molecule has 1 aliphatic heterocycles. The van der Waals surface area contributed by atoms with Gasteiger partial charge >= 0.3 is 0 Å². The molecule has 4 rings (SSSR count). The maximum absolute atomic E-state index is 13.2. The molecule has 0 saturated carbocycles. The lowest BCUT2D eigenvalue weighted by Crippen LogP contribution is -2.51. The molecular formula is C25H30N2O6S. The molecular weight excluding hydrogens is 456 g/mol. The Morgan fingerprint density at radius 3 is 2.29 bits per heavy atom. The number of benzene rings is 2. The summed E-state index contributed by atoms with van der Waals surface area (Å²) in [5, 5.41) is 0. The molecule has 1 heterocycles. The lowest BCUT2D eigenvalue weighted by molar-refractivity contribution is -0.134. The van der Waals surface area contributed by atoms with Gasteiger partial charge in [-0.05, 0) is 74.1 Å². The van der Waals surface area contributed by atoms with E-state index < -0.39 is 10.0 Å². The van der Waals surface area contributed by atoms with Crippen LogP contribution in [-0.2, 0) is 27.7 Å². The number of hydrogen-bond acceptors (Lipinski definition) is 6. The summed E-state index contributed by atoms with van der Waals surface area (Å²) in [6.45, 7) is 2.33. The maximum atomic E-state index is 13.2. The number of methoxy groups -OCH3 is 1. The van der Waals surface area contributed by atoms with E-state index in [2.05, 4.69) is 0 Å². The van der Waals surface area contributed by atoms with Gasteiger partial charge in [0.1, 0.15) is 0 Å². The molecule has 0 N–H and O–H groups in total. The van der Waals surface area contributed by atoms with Crippen molar-refractivity contribution in [2.45, 2.75) is 37.5 Å². The predicted molar refractivity (Wildman–Crippen MR) is 127 cm³/mol. The van der Waals surface area contributed by atoms with Crippen molar-refractivity contribution in [3.05, 3.63) is 53.1 Å². The van der Waals surface area contributed by atoms with Gasteiger partial charge in [0.15, 0.2) is 23.9 Å². The zero-order valence-electron chi connectivity index (χ0n) is 19.6. The van der Waals surface area contributed by atoms with E-state index in [0.29, 0.717) is 35.0 Å². The van der Waals surface area contributed by atoms with E-state index in [0.717, 1.165) is 31.2 Å². The highest BCUT2D eigenvalue weighted by molar-refractivity contribution is 7.89. The van der Waals surface area contributed by atoms with Gasteiger partial charge in [-0.1, -0.05) is 6.07 Å². The number of piperazine rings is 1. The van der Waals surface area contributed by atoms with Gasteiger partial charge in [-0.2, -0.15) is 4.31 Å². The Bertz CT molecular complexity index is 1190. The number of ether oxygens (including phenoxy) is 2. The van der Waals surface area contributed by atoms with Crippen LogP contribution < -0.4 is 9.47 Å². The fourth-order valence-electron chi connectivity index (χ4n) is 4.43. The maximum Gasteiger partial charge on any atom is 0.260 e. The van der Waals surface area contributed by atoms with Crippen LogP contribution in [0.2, 0.25) is 0 Å². The average molecular weight is 487 g/mol. The van der Waals surface area contributed by atoms with Crippen LogP contribution in [0.1, 0.15) is 41.3 Å². The van der Waals surface area contributed by atoms with Crippen LogP contribution >= 0.6 is 0 Å². The fourth-order valence-corrected chi connectivity index (χ4v) is 5.91. The number of amides is 1. The minimum atomic E-state index is -3.60. The molecule has 182 valence electrons. The number of carbonyl (C=O) groups is 2. The van der Waals surface area contributed by atoms with Crippen LogP contribution in [0.5, 0.6) is 11.5 Å². The van der Waals surface area contributed by atoms with Crippen molar-refractivity contribution in [1.29, 1.82) is 0 Å². The minimum absolute atomic E-state index is 0.0934. The van der Waals surface area contributed by atoms with E-state index in [4.69, 9.17) is 9.47 Å². The molecule has 0 radical (unpaired) electrons. The zero-order valence-corrected chi connectivity index (χ0v) is 20.4. The van der Waals surface area contributed by atoms with Crippen LogP contribution in [0.25, 0.3) is 0 Å². The molecule has 0 spiro atoms. The number of fused-ring (bicyclic) bond motifs is 1. The van der Waals surface area contributed by atoms with E-state index in [1.165, 1.54) is 23.9 Å². The van der Waals surface area contributed by atoms with Crippen LogP contribution in [0.4, 0.5) is 0 Å². The molecule has 0 unspecified atom stereocenters. The third kappa shape index (κ3) is 5.10. The van der Waals surface area contributed by atoms with Gasteiger partial charge in [0.2, 0.25) is 10.0 Å². The van der Waals surface area contributed by atoms with E-state index >= 15 is 0 Å². The Hall–Kier alpha value is -2.91. The fraction of sp³-hybridized carbons (Fsp3) is 0.440. The first-order valence-corrected chi connectivity index (χ1v) is 12.9. The standard InChI is InChI=1S/C25H30N2O6S/c1-18(28)20-8-10-23(24(16-20)32-2)33-17-25(29)26-11-13-27(14-12-26)34(30,31)22-9-7-19-5-3-4-6-21(19)15-22/h7-10,15-16H,3-6,11-14,17H2,1-2H3. The van der Waals surface area contributed by atoms with Gasteiger partial charge in [-0.25, -0.2) is 8.42 Å². The summed E-state index contributed by atoms with van der Waals surface area (Å²) in [5.41, 5.74) is 2.87. The number of hydrogen-bond donors (Lipinski definition) is 0. The van der Waals surface area contributed by atoms with E-state index in [1.54, 1.807) is 29.2 Å². The molecule has 2 aromatic carbocycles. The number of nitrogens with zero attached hydrogens (tertiary/aromatic N) is 2. The summed E-state index contributed by atoms with van der Waals surface area (Å²) >= 11 is 0. The number of aryl methyl sites for hydroxylation is 2. The zero-order chi connectivity index (χ0) is 24.3. The molecule has 8 nitrogen and oxygen atoms in total. The van der Waals surface area contributed by atoms with Gasteiger partial charge in [-0.15, -0.1) is 0 Å². The molecule has 2 aromatic rings. The highest BCUT2D eigenvalue weighted by Gasteiger charge is 2.31. The first kappa shape index (κ1) is 24.2. The van der Waals surface area contributed by atoms with Crippen molar-refractivity contribution >= 4 is 21.7 Å². The Labute approximate surface area is 200 Å². The first-order chi connectivity index (χ1) is 16.3. The number of rotatable bonds is 7. The second kappa shape index (κ2) is 10.1. The Morgan fingerprint density at radius 1 is 0.912 bits per heavy atom. The quantitative estimate of drug-likeness (QED) is 0.559. The van der Waals surface area contributed by atoms with E-state index in [9.17, 15) is 18.0 Å². The van der Waals surface area contributed by atoms with Crippen LogP contribution in [0, 0.1) is 0 Å². The summed E-state index contributed by atoms with van der Waals surface area (Å²) in [5.74, 6) is 0.420. The molecule has 0 aromatic heterocycles. The molecule has 2 aliphatic rings. The third-order valence-electron chi connectivity index (χ3n) is 6.47. The minimum Gasteiger partial charge on any atom is -0.493 e. The molecule has 1 saturated heterocycles. The highest BCUT2D eigenvalue weighted by atomic mass is 32.2. The van der Waals surface area contributed by atoms with E-state index in [1.807, 2.05) is 12.1 Å². The normalized spacial score (nSPS) is 16.6. The topological polar surface area (TPSA) is 93.2 Å². The molecule has 9 heteroatoms. The van der Waals surface area contributed by atoms with Crippen molar-refractivity contribution in [1.82, 2.24) is 9.21 Å². The average Bonchev–Trinajstić information content (AvgIpc) is 2.86. The lowest BCUT2D eigenvalue weighted by Gasteiger charge is -2.34. The highest BCUT2D eigenvalue weighted by Crippen LogP contribution is 2.29. The van der Waals surface area contributed by atoms with Crippen LogP contribution in [-0.4, -0.2) is 69.2 Å². The van der Waals surface area contributed by atoms with E-state index in [-0.39, 0.29) is 31.4 Å². The van der Waals surface area contributed by atoms with Gasteiger partial charge in [0, 0.05) is 31.7 Å². The Kier molecular flexibility index (Phi) is 7.23. The van der Waals surface area contributed by atoms with Gasteiger partial charge < -0.3 is 14.4 Å². The number of sulfonamides is 1. The summed E-state index contributed by atoms with van der Waals surface area (Å²) < 4.78 is 38.7. The van der Waals surface area contributed by atoms with Crippen molar-refractivity contribution in [3.8, 4) is 11.5 Å². The predicted octanol–water partition coefficient (Wildman–Crippen LogP) is 2.69. The summed E-state index contributed by atoms with van der Waals surface area (Å²) in [6, 6.07) is 10.3. The van der Waals surface area contributed by atoms with Crippen molar-refractivity contribution in [2.24, 2.45) is 0 Å². The number of carbonyl (C=O) groups excluding carboxylic acids is 2. The molecule has 1 aliphatic carbocycles. The van der Waals surface area contributed by atoms with Crippen molar-refractivity contribution < 1.29 is 27.5 Å². The molecule has 0 bridgehead atoms. The Balaban J connectivity index is 1.34. The first-order valence-electron chi connectivity index (χ1n) is 11.5. The summed E-state index contributed by atoms with van der Waals surface area (Å²) in [4.78, 5) is 26.2. The van der Waals surface area contributed by atoms with Crippen LogP contribution in [0.15, 0.2) is 41.3 Å². The third-order valence-corrected chi connectivity index (χ3v) is 8.37. The van der Waals surface area contributed by atoms with Crippen molar-refractivity contribution in [3.63, 3.8) is 0 Å². The van der Waals surface area contributed by atoms with Crippen molar-refractivity contribution in [2.75, 3.05) is 39.9 Å². The second-order valence-electron chi connectivity index (χ2n) is 8.63. The van der Waals surface area contributed by atoms with Crippen LogP contribution in [0.3, 0.4) is 0 Å². The van der Waals surface area contributed by atoms with Gasteiger partial charge in [0.05, 0.1) is 12.0 Å².